The van der Waals surface area contributed by atoms with Gasteiger partial charge in [0.15, 0.2) is 3.95 Å². The largest absolute Gasteiger partial charge is 0.493 e. The molecule has 0 fully saturated rings. The number of carbonyl (C=O) groups excluding carboxylic acids is 1. The van der Waals surface area contributed by atoms with Gasteiger partial charge >= 0.3 is 5.97 Å². The summed E-state index contributed by atoms with van der Waals surface area (Å²) in [5.74, 6) is -1.92. The minimum Gasteiger partial charge on any atom is -0.493 e. The van der Waals surface area contributed by atoms with Crippen LogP contribution in [0.2, 0.25) is 0 Å². The van der Waals surface area contributed by atoms with E-state index in [1.165, 1.54) is 4.57 Å². The average molecular weight is 410 g/mol. The Labute approximate surface area is 168 Å². The number of fused-ring (bicyclic) bond motifs is 1. The summed E-state index contributed by atoms with van der Waals surface area (Å²) in [6, 6.07) is 15.0. The summed E-state index contributed by atoms with van der Waals surface area (Å²) in [6.07, 6.45) is 0.151. The summed E-state index contributed by atoms with van der Waals surface area (Å²) in [7, 11) is 0. The van der Waals surface area contributed by atoms with Gasteiger partial charge in [-0.1, -0.05) is 48.5 Å². The quantitative estimate of drug-likeness (QED) is 0.630. The van der Waals surface area contributed by atoms with Gasteiger partial charge in [-0.25, -0.2) is 9.79 Å². The zero-order valence-electron chi connectivity index (χ0n) is 14.4. The average Bonchev–Trinajstić information content (AvgIpc) is 3.15. The number of carboxylic acid groups (broad SMARTS) is 1. The Hall–Kier alpha value is -3.10. The van der Waals surface area contributed by atoms with Crippen molar-refractivity contribution in [3.05, 3.63) is 79.6 Å². The second-order valence-corrected chi connectivity index (χ2v) is 7.89. The van der Waals surface area contributed by atoms with E-state index in [2.05, 4.69) is 4.99 Å². The van der Waals surface area contributed by atoms with Crippen LogP contribution in [-0.4, -0.2) is 26.7 Å². The normalized spacial score (nSPS) is 13.9. The Morgan fingerprint density at radius 1 is 1.14 bits per heavy atom. The highest BCUT2D eigenvalue weighted by Crippen LogP contribution is 2.35. The lowest BCUT2D eigenvalue weighted by Gasteiger charge is -2.15. The number of amides is 1. The predicted molar refractivity (Wildman–Crippen MR) is 106 cm³/mol. The molecule has 4 rings (SSSR count). The summed E-state index contributed by atoms with van der Waals surface area (Å²) in [4.78, 5) is 28.6. The van der Waals surface area contributed by atoms with Crippen molar-refractivity contribution in [2.75, 3.05) is 0 Å². The van der Waals surface area contributed by atoms with Gasteiger partial charge in [0.25, 0.3) is 5.91 Å². The molecular formula is C20H14N2O4S2. The summed E-state index contributed by atoms with van der Waals surface area (Å²) in [6.45, 7) is 0. The molecule has 0 spiro atoms. The first-order chi connectivity index (χ1) is 13.5. The van der Waals surface area contributed by atoms with Crippen LogP contribution in [0.3, 0.4) is 0 Å². The predicted octanol–water partition coefficient (Wildman–Crippen LogP) is 2.21. The number of aliphatic carboxylic acids is 1. The minimum atomic E-state index is -1.12. The van der Waals surface area contributed by atoms with Crippen LogP contribution in [0.1, 0.15) is 16.5 Å². The Morgan fingerprint density at radius 2 is 1.82 bits per heavy atom. The van der Waals surface area contributed by atoms with Crippen molar-refractivity contribution in [3.8, 4) is 5.88 Å². The van der Waals surface area contributed by atoms with Gasteiger partial charge in [0.2, 0.25) is 5.88 Å². The molecule has 1 aromatic heterocycles. The summed E-state index contributed by atoms with van der Waals surface area (Å²) in [5.41, 5.74) is 1.04. The van der Waals surface area contributed by atoms with Crippen LogP contribution < -0.4 is 10.6 Å². The van der Waals surface area contributed by atoms with Crippen molar-refractivity contribution in [3.63, 3.8) is 0 Å². The van der Waals surface area contributed by atoms with Crippen molar-refractivity contribution >= 4 is 41.0 Å². The molecule has 0 saturated carbocycles. The molecule has 2 heterocycles. The van der Waals surface area contributed by atoms with Gasteiger partial charge in [-0.05, 0) is 23.8 Å². The van der Waals surface area contributed by atoms with E-state index in [1.54, 1.807) is 24.3 Å². The van der Waals surface area contributed by atoms with Crippen LogP contribution >= 0.6 is 23.6 Å². The lowest BCUT2D eigenvalue weighted by atomic mass is 10.1. The number of aromatic nitrogens is 1. The third-order valence-electron chi connectivity index (χ3n) is 4.52. The Balaban J connectivity index is 1.87. The van der Waals surface area contributed by atoms with Gasteiger partial charge in [-0.15, -0.1) is 11.3 Å². The standard InChI is InChI=1S/C20H14N2O4S2/c23-17-15(12-8-4-5-9-13(12)21-17)16-18(24)22(20(27)28-16)14(19(25)26)10-11-6-2-1-3-7-11/h1-9,14,24H,10H2,(H,25,26). The van der Waals surface area contributed by atoms with Gasteiger partial charge in [-0.2, -0.15) is 0 Å². The number of rotatable bonds is 5. The third-order valence-corrected chi connectivity index (χ3v) is 5.93. The maximum absolute atomic E-state index is 12.4. The molecule has 0 radical (unpaired) electrons. The zero-order valence-corrected chi connectivity index (χ0v) is 16.0. The molecule has 0 bridgehead atoms. The monoisotopic (exact) mass is 410 g/mol. The van der Waals surface area contributed by atoms with E-state index in [1.807, 2.05) is 30.3 Å². The Kier molecular flexibility index (Phi) is 4.66. The highest BCUT2D eigenvalue weighted by molar-refractivity contribution is 7.73. The van der Waals surface area contributed by atoms with E-state index in [-0.39, 0.29) is 26.7 Å². The lowest BCUT2D eigenvalue weighted by molar-refractivity contribution is -0.141. The summed E-state index contributed by atoms with van der Waals surface area (Å²) < 4.78 is 1.38. The van der Waals surface area contributed by atoms with Crippen LogP contribution in [0.5, 0.6) is 5.88 Å². The van der Waals surface area contributed by atoms with E-state index >= 15 is 0 Å². The highest BCUT2D eigenvalue weighted by Gasteiger charge is 2.30. The molecule has 2 aromatic carbocycles. The number of aromatic hydroxyl groups is 1. The number of hydrogen-bond acceptors (Lipinski definition) is 5. The first-order valence-electron chi connectivity index (χ1n) is 8.41. The first-order valence-corrected chi connectivity index (χ1v) is 9.63. The highest BCUT2D eigenvalue weighted by atomic mass is 32.1. The fourth-order valence-electron chi connectivity index (χ4n) is 3.22. The van der Waals surface area contributed by atoms with E-state index in [0.29, 0.717) is 10.6 Å². The first kappa shape index (κ1) is 18.3. The molecule has 3 aromatic rings. The van der Waals surface area contributed by atoms with Crippen molar-refractivity contribution < 1.29 is 19.8 Å². The summed E-state index contributed by atoms with van der Waals surface area (Å²) >= 11 is 6.36. The molecule has 140 valence electrons. The number of hydrogen-bond donors (Lipinski definition) is 2. The molecule has 1 unspecified atom stereocenters. The van der Waals surface area contributed by atoms with Crippen LogP contribution in [0, 0.1) is 3.95 Å². The van der Waals surface area contributed by atoms with E-state index in [4.69, 9.17) is 12.2 Å². The number of carboxylic acids is 1. The van der Waals surface area contributed by atoms with Crippen molar-refractivity contribution in [2.45, 2.75) is 12.5 Å². The van der Waals surface area contributed by atoms with Crippen molar-refractivity contribution in [2.24, 2.45) is 4.99 Å². The minimum absolute atomic E-state index is 0.151. The number of para-hydroxylation sites is 1. The molecule has 0 saturated heterocycles. The van der Waals surface area contributed by atoms with Gasteiger partial charge in [-0.3, -0.25) is 9.36 Å². The Bertz CT molecular complexity index is 1280. The molecule has 1 amide bonds. The maximum atomic E-state index is 12.4. The fraction of sp³-hybridized carbons (Fsp3) is 0.100. The molecule has 8 heteroatoms. The Morgan fingerprint density at radius 3 is 2.54 bits per heavy atom. The molecule has 1 aliphatic heterocycles. The van der Waals surface area contributed by atoms with Crippen LogP contribution in [-0.2, 0) is 16.0 Å². The van der Waals surface area contributed by atoms with E-state index in [0.717, 1.165) is 16.9 Å². The van der Waals surface area contributed by atoms with Crippen LogP contribution in [0.25, 0.3) is 5.57 Å². The number of thiazole rings is 1. The molecule has 0 aliphatic carbocycles. The zero-order chi connectivity index (χ0) is 19.8. The molecule has 6 nitrogen and oxygen atoms in total. The second-order valence-electron chi connectivity index (χ2n) is 6.24. The van der Waals surface area contributed by atoms with Gasteiger partial charge in [0, 0.05) is 11.6 Å². The van der Waals surface area contributed by atoms with E-state index in [9.17, 15) is 19.8 Å². The lowest BCUT2D eigenvalue weighted by Crippen LogP contribution is -2.23. The number of nitrogens with zero attached hydrogens (tertiary/aromatic N) is 2. The smallest absolute Gasteiger partial charge is 0.327 e. The fourth-order valence-corrected chi connectivity index (χ4v) is 4.66. The number of carbonyl (C=O) groups is 2. The third kappa shape index (κ3) is 3.06. The summed E-state index contributed by atoms with van der Waals surface area (Å²) in [5, 5.41) is 21.7. The molecule has 2 N–H and O–H groups in total. The SMILES string of the molecule is O=C1N=c2ccccc2=C1c1sc(=S)n(C(Cc2ccccc2)C(=O)O)c1O. The van der Waals surface area contributed by atoms with Crippen LogP contribution in [0.15, 0.2) is 59.6 Å². The topological polar surface area (TPSA) is 91.9 Å². The molecule has 28 heavy (non-hydrogen) atoms. The van der Waals surface area contributed by atoms with Gasteiger partial charge < -0.3 is 10.2 Å². The maximum Gasteiger partial charge on any atom is 0.327 e. The van der Waals surface area contributed by atoms with Crippen LogP contribution in [0.4, 0.5) is 0 Å². The van der Waals surface area contributed by atoms with Crippen molar-refractivity contribution in [1.82, 2.24) is 4.57 Å². The molecular weight excluding hydrogens is 396 g/mol. The molecule has 1 atom stereocenters. The molecule has 1 aliphatic rings. The van der Waals surface area contributed by atoms with E-state index < -0.39 is 17.9 Å². The number of benzene rings is 2. The van der Waals surface area contributed by atoms with Gasteiger partial charge in [0.1, 0.15) is 10.9 Å². The second kappa shape index (κ2) is 7.14. The van der Waals surface area contributed by atoms with Gasteiger partial charge in [0.05, 0.1) is 10.9 Å². The van der Waals surface area contributed by atoms with Crippen molar-refractivity contribution in [1.29, 1.82) is 0 Å².